The molecule has 0 aromatic carbocycles. The van der Waals surface area contributed by atoms with Crippen molar-refractivity contribution < 1.29 is 14.7 Å². The summed E-state index contributed by atoms with van der Waals surface area (Å²) in [7, 11) is 0. The van der Waals surface area contributed by atoms with Gasteiger partial charge in [0.2, 0.25) is 5.91 Å². The largest absolute Gasteiger partial charge is 0.481 e. The summed E-state index contributed by atoms with van der Waals surface area (Å²) in [4.78, 5) is 22.1. The number of carboxylic acid groups (broad SMARTS) is 1. The Morgan fingerprint density at radius 2 is 1.94 bits per heavy atom. The van der Waals surface area contributed by atoms with Crippen molar-refractivity contribution in [1.29, 1.82) is 0 Å². The van der Waals surface area contributed by atoms with Crippen molar-refractivity contribution in [2.45, 2.75) is 38.9 Å². The first-order valence-corrected chi connectivity index (χ1v) is 6.57. The van der Waals surface area contributed by atoms with Crippen molar-refractivity contribution >= 4 is 23.6 Å². The minimum absolute atomic E-state index is 0.0124. The van der Waals surface area contributed by atoms with Crippen molar-refractivity contribution in [2.75, 3.05) is 12.8 Å². The van der Waals surface area contributed by atoms with Crippen molar-refractivity contribution in [2.24, 2.45) is 5.41 Å². The predicted octanol–water partition coefficient (Wildman–Crippen LogP) is 1.75. The van der Waals surface area contributed by atoms with E-state index in [9.17, 15) is 9.59 Å². The molecule has 0 aliphatic carbocycles. The van der Waals surface area contributed by atoms with Crippen molar-refractivity contribution in [3.05, 3.63) is 0 Å². The summed E-state index contributed by atoms with van der Waals surface area (Å²) in [6.45, 7) is 6.24. The second-order valence-electron chi connectivity index (χ2n) is 4.76. The Morgan fingerprint density at radius 1 is 1.38 bits per heavy atom. The molecule has 0 rings (SSSR count). The normalized spacial score (nSPS) is 13.2. The van der Waals surface area contributed by atoms with Crippen LogP contribution in [0.1, 0.15) is 33.6 Å². The quantitative estimate of drug-likeness (QED) is 0.719. The molecule has 0 heterocycles. The minimum atomic E-state index is -0.865. The number of nitrogens with one attached hydrogen (secondary N) is 1. The third-order valence-corrected chi connectivity index (χ3v) is 3.23. The molecule has 94 valence electrons. The molecule has 0 fully saturated rings. The van der Waals surface area contributed by atoms with Gasteiger partial charge in [-0.1, -0.05) is 20.8 Å². The lowest BCUT2D eigenvalue weighted by Gasteiger charge is -2.21. The van der Waals surface area contributed by atoms with Crippen LogP contribution in [-0.2, 0) is 9.59 Å². The Labute approximate surface area is 101 Å². The van der Waals surface area contributed by atoms with E-state index in [1.807, 2.05) is 13.2 Å². The van der Waals surface area contributed by atoms with Gasteiger partial charge >= 0.3 is 5.97 Å². The Morgan fingerprint density at radius 3 is 2.38 bits per heavy atom. The summed E-state index contributed by atoms with van der Waals surface area (Å²) >= 11 is 1.69. The van der Waals surface area contributed by atoms with Crippen LogP contribution in [0.3, 0.4) is 0 Å². The third-order valence-electron chi connectivity index (χ3n) is 2.26. The Hall–Kier alpha value is -0.710. The molecule has 2 N–H and O–H groups in total. The van der Waals surface area contributed by atoms with Gasteiger partial charge in [-0.3, -0.25) is 9.59 Å². The van der Waals surface area contributed by atoms with E-state index < -0.39 is 11.4 Å². The molecule has 0 radical (unpaired) electrons. The molecule has 5 heteroatoms. The van der Waals surface area contributed by atoms with Gasteiger partial charge in [0.1, 0.15) is 0 Å². The van der Waals surface area contributed by atoms with Crippen LogP contribution in [-0.4, -0.2) is 35.0 Å². The molecular weight excluding hydrogens is 226 g/mol. The maximum absolute atomic E-state index is 11.5. The number of amides is 1. The first-order chi connectivity index (χ1) is 7.26. The molecule has 0 bridgehead atoms. The maximum Gasteiger partial charge on any atom is 0.303 e. The number of thioether (sulfide) groups is 1. The van der Waals surface area contributed by atoms with E-state index in [1.54, 1.807) is 25.6 Å². The van der Waals surface area contributed by atoms with Gasteiger partial charge in [0.15, 0.2) is 0 Å². The number of hydrogen-bond donors (Lipinski definition) is 2. The highest BCUT2D eigenvalue weighted by atomic mass is 32.2. The van der Waals surface area contributed by atoms with Gasteiger partial charge in [-0.2, -0.15) is 11.8 Å². The smallest absolute Gasteiger partial charge is 0.303 e. The number of hydrogen-bond acceptors (Lipinski definition) is 3. The molecule has 4 nitrogen and oxygen atoms in total. The van der Waals surface area contributed by atoms with Crippen LogP contribution in [0.5, 0.6) is 0 Å². The van der Waals surface area contributed by atoms with Gasteiger partial charge in [0, 0.05) is 18.2 Å². The number of carboxylic acids is 1. The zero-order chi connectivity index (χ0) is 12.8. The third kappa shape index (κ3) is 7.56. The molecule has 1 atom stereocenters. The molecule has 0 aliphatic rings. The zero-order valence-electron chi connectivity index (χ0n) is 10.4. The summed E-state index contributed by atoms with van der Waals surface area (Å²) < 4.78 is 0. The Balaban J connectivity index is 3.98. The van der Waals surface area contributed by atoms with Gasteiger partial charge in [-0.05, 0) is 11.7 Å². The van der Waals surface area contributed by atoms with Gasteiger partial charge < -0.3 is 10.4 Å². The SMILES string of the molecule is CSC(C)CNC(=O)CC(C)(C)CC(=O)O. The fraction of sp³-hybridized carbons (Fsp3) is 0.818. The molecule has 0 saturated carbocycles. The van der Waals surface area contributed by atoms with Gasteiger partial charge in [-0.15, -0.1) is 0 Å². The lowest BCUT2D eigenvalue weighted by molar-refractivity contribution is -0.139. The van der Waals surface area contributed by atoms with Crippen molar-refractivity contribution in [1.82, 2.24) is 5.32 Å². The van der Waals surface area contributed by atoms with Crippen LogP contribution in [0.4, 0.5) is 0 Å². The molecular formula is C11H21NO3S. The monoisotopic (exact) mass is 247 g/mol. The summed E-state index contributed by atoms with van der Waals surface area (Å²) in [5.74, 6) is -0.942. The van der Waals surface area contributed by atoms with Crippen LogP contribution in [0, 0.1) is 5.41 Å². The second-order valence-corrected chi connectivity index (χ2v) is 6.04. The Bertz CT molecular complexity index is 254. The van der Waals surface area contributed by atoms with Crippen molar-refractivity contribution in [3.8, 4) is 0 Å². The highest BCUT2D eigenvalue weighted by Gasteiger charge is 2.25. The van der Waals surface area contributed by atoms with E-state index >= 15 is 0 Å². The highest BCUT2D eigenvalue weighted by Crippen LogP contribution is 2.24. The van der Waals surface area contributed by atoms with Gasteiger partial charge in [-0.25, -0.2) is 0 Å². The standard InChI is InChI=1S/C11H21NO3S/c1-8(16-4)7-12-9(13)5-11(2,3)6-10(14)15/h8H,5-7H2,1-4H3,(H,12,13)(H,14,15). The molecule has 0 spiro atoms. The summed E-state index contributed by atoms with van der Waals surface area (Å²) in [5.41, 5.74) is -0.488. The fourth-order valence-corrected chi connectivity index (χ4v) is 1.56. The van der Waals surface area contributed by atoms with Crippen LogP contribution in [0.2, 0.25) is 0 Å². The van der Waals surface area contributed by atoms with E-state index in [-0.39, 0.29) is 18.7 Å². The molecule has 0 saturated heterocycles. The van der Waals surface area contributed by atoms with Crippen LogP contribution >= 0.6 is 11.8 Å². The number of carbonyl (C=O) groups excluding carboxylic acids is 1. The molecule has 16 heavy (non-hydrogen) atoms. The van der Waals surface area contributed by atoms with Crippen molar-refractivity contribution in [3.63, 3.8) is 0 Å². The number of rotatable bonds is 7. The van der Waals surface area contributed by atoms with Gasteiger partial charge in [0.25, 0.3) is 0 Å². The first-order valence-electron chi connectivity index (χ1n) is 5.28. The average molecular weight is 247 g/mol. The lowest BCUT2D eigenvalue weighted by Crippen LogP contribution is -2.33. The lowest BCUT2D eigenvalue weighted by atomic mass is 9.85. The minimum Gasteiger partial charge on any atom is -0.481 e. The first kappa shape index (κ1) is 15.3. The molecule has 0 aromatic rings. The van der Waals surface area contributed by atoms with E-state index in [0.717, 1.165) is 0 Å². The highest BCUT2D eigenvalue weighted by molar-refractivity contribution is 7.99. The van der Waals surface area contributed by atoms with E-state index in [2.05, 4.69) is 5.32 Å². The Kier molecular flexibility index (Phi) is 6.48. The fourth-order valence-electron chi connectivity index (χ4n) is 1.31. The summed E-state index contributed by atoms with van der Waals surface area (Å²) in [6.07, 6.45) is 2.25. The summed E-state index contributed by atoms with van der Waals surface area (Å²) in [5, 5.41) is 11.9. The van der Waals surface area contributed by atoms with Crippen LogP contribution in [0.25, 0.3) is 0 Å². The van der Waals surface area contributed by atoms with E-state index in [1.165, 1.54) is 0 Å². The molecule has 1 unspecified atom stereocenters. The zero-order valence-corrected chi connectivity index (χ0v) is 11.2. The predicted molar refractivity (Wildman–Crippen MR) is 66.6 cm³/mol. The van der Waals surface area contributed by atoms with E-state index in [4.69, 9.17) is 5.11 Å². The summed E-state index contributed by atoms with van der Waals surface area (Å²) in [6, 6.07) is 0. The molecule has 0 aliphatic heterocycles. The maximum atomic E-state index is 11.5. The molecule has 0 aromatic heterocycles. The van der Waals surface area contributed by atoms with Crippen LogP contribution < -0.4 is 5.32 Å². The van der Waals surface area contributed by atoms with Crippen LogP contribution in [0.15, 0.2) is 0 Å². The number of carbonyl (C=O) groups is 2. The molecule has 1 amide bonds. The van der Waals surface area contributed by atoms with Gasteiger partial charge in [0.05, 0.1) is 6.42 Å². The topological polar surface area (TPSA) is 66.4 Å². The number of aliphatic carboxylic acids is 1. The average Bonchev–Trinajstić information content (AvgIpc) is 2.11. The second kappa shape index (κ2) is 6.78. The van der Waals surface area contributed by atoms with E-state index in [0.29, 0.717) is 11.8 Å².